The van der Waals surface area contributed by atoms with Gasteiger partial charge in [-0.25, -0.2) is 14.1 Å². The van der Waals surface area contributed by atoms with Crippen LogP contribution in [0.3, 0.4) is 0 Å². The minimum atomic E-state index is -4.70. The van der Waals surface area contributed by atoms with Crippen molar-refractivity contribution in [2.75, 3.05) is 46.4 Å². The number of ether oxygens (including phenoxy) is 4. The van der Waals surface area contributed by atoms with Gasteiger partial charge in [-0.15, -0.1) is 0 Å². The van der Waals surface area contributed by atoms with Crippen LogP contribution in [-0.2, 0) is 34.4 Å². The van der Waals surface area contributed by atoms with Crippen LogP contribution in [0.25, 0.3) is 5.52 Å². The number of phosphoric acid groups is 1. The summed E-state index contributed by atoms with van der Waals surface area (Å²) >= 11 is 0. The molecule has 0 amide bonds. The third kappa shape index (κ3) is 17.7. The molecular weight excluding hydrogens is 753 g/mol. The SMILES string of the molecule is CCCCCCCCCCCCCCCCCCOC[C@H](COP(=O)(O)OC[C@@H](OC)[C@@H](O)[C@@H](O)c1ccc2c(N)ncnn12)OCc1ccc(C#N)cc1OC. The van der Waals surface area contributed by atoms with E-state index in [0.717, 1.165) is 19.3 Å². The number of rotatable bonds is 33. The molecule has 0 saturated heterocycles. The Balaban J connectivity index is 1.42. The predicted octanol–water partition coefficient (Wildman–Crippen LogP) is 7.60. The number of nitrogens with two attached hydrogens (primary N) is 1. The van der Waals surface area contributed by atoms with E-state index in [1.807, 2.05) is 0 Å². The number of aromatic nitrogens is 3. The molecule has 16 heteroatoms. The van der Waals surface area contributed by atoms with Crippen molar-refractivity contribution < 1.29 is 47.7 Å². The highest BCUT2D eigenvalue weighted by molar-refractivity contribution is 7.47. The fourth-order valence-corrected chi connectivity index (χ4v) is 7.28. The Hall–Kier alpha value is -3.16. The first-order valence-electron chi connectivity index (χ1n) is 20.5. The first-order chi connectivity index (χ1) is 27.6. The molecule has 57 heavy (non-hydrogen) atoms. The number of hydrogen-bond acceptors (Lipinski definition) is 13. The molecule has 5 atom stereocenters. The summed E-state index contributed by atoms with van der Waals surface area (Å²) in [4.78, 5) is 14.5. The van der Waals surface area contributed by atoms with Crippen molar-refractivity contribution in [2.45, 2.75) is 141 Å². The van der Waals surface area contributed by atoms with Gasteiger partial charge in [0, 0.05) is 19.3 Å². The van der Waals surface area contributed by atoms with E-state index in [9.17, 15) is 24.9 Å². The Morgan fingerprint density at radius 3 is 2.07 bits per heavy atom. The Morgan fingerprint density at radius 2 is 1.47 bits per heavy atom. The molecule has 320 valence electrons. The number of nitrogens with zero attached hydrogens (tertiary/aromatic N) is 4. The third-order valence-corrected chi connectivity index (χ3v) is 10.9. The summed E-state index contributed by atoms with van der Waals surface area (Å²) in [6.07, 6.45) is 16.6. The topological polar surface area (TPSA) is 213 Å². The number of aliphatic hydroxyl groups excluding tert-OH is 2. The number of unbranched alkanes of at least 4 members (excludes halogenated alkanes) is 15. The van der Waals surface area contributed by atoms with E-state index in [1.54, 1.807) is 24.3 Å². The van der Waals surface area contributed by atoms with E-state index in [-0.39, 0.29) is 31.3 Å². The summed E-state index contributed by atoms with van der Waals surface area (Å²) in [5.74, 6) is 0.654. The Kier molecular flexibility index (Phi) is 23.3. The average molecular weight is 820 g/mol. The number of fused-ring (bicyclic) bond motifs is 1. The Labute approximate surface area is 338 Å². The van der Waals surface area contributed by atoms with E-state index in [1.165, 1.54) is 115 Å². The van der Waals surface area contributed by atoms with Crippen LogP contribution in [0.5, 0.6) is 5.75 Å². The van der Waals surface area contributed by atoms with Gasteiger partial charge in [0.15, 0.2) is 5.82 Å². The second kappa shape index (κ2) is 27.5. The standard InChI is InChI=1S/C41H66N5O10P/c1-4-5-6-7-8-9-10-11-12-13-14-15-16-17-18-19-24-53-28-34(54-27-33-21-20-32(26-42)25-37(33)51-2)29-55-57(49,50)56-30-38(52-3)40(48)39(47)35-22-23-36-41(43)44-31-45-46(35)36/h20-23,25,31,34,38-40,47-48H,4-19,24,27-30H2,1-3H3,(H,49,50)(H2,43,44,45)/t34-,38-,39+,40-/m1/s1. The van der Waals surface area contributed by atoms with E-state index in [0.29, 0.717) is 29.0 Å². The highest BCUT2D eigenvalue weighted by Gasteiger charge is 2.33. The zero-order valence-electron chi connectivity index (χ0n) is 34.1. The fourth-order valence-electron chi connectivity index (χ4n) is 6.52. The molecule has 5 N–H and O–H groups in total. The molecular formula is C41H66N5O10P. The molecule has 0 fully saturated rings. The first kappa shape index (κ1) is 48.2. The van der Waals surface area contributed by atoms with Gasteiger partial charge in [0.25, 0.3) is 0 Å². The van der Waals surface area contributed by atoms with Crippen molar-refractivity contribution in [1.82, 2.24) is 14.6 Å². The number of hydrogen-bond donors (Lipinski definition) is 4. The van der Waals surface area contributed by atoms with Crippen LogP contribution in [0.15, 0.2) is 36.7 Å². The molecule has 0 bridgehead atoms. The Bertz CT molecular complexity index is 1640. The van der Waals surface area contributed by atoms with E-state index in [2.05, 4.69) is 23.1 Å². The summed E-state index contributed by atoms with van der Waals surface area (Å²) < 4.78 is 47.5. The lowest BCUT2D eigenvalue weighted by Gasteiger charge is -2.26. The minimum Gasteiger partial charge on any atom is -0.496 e. The summed E-state index contributed by atoms with van der Waals surface area (Å²) in [7, 11) is -1.94. The largest absolute Gasteiger partial charge is 0.496 e. The average Bonchev–Trinajstić information content (AvgIpc) is 3.66. The van der Waals surface area contributed by atoms with Gasteiger partial charge in [-0.05, 0) is 30.7 Å². The van der Waals surface area contributed by atoms with E-state index >= 15 is 0 Å². The molecule has 0 aliphatic heterocycles. The highest BCUT2D eigenvalue weighted by Crippen LogP contribution is 2.44. The maximum atomic E-state index is 13.0. The number of phosphoric ester groups is 1. The fraction of sp³-hybridized carbons (Fsp3) is 0.683. The van der Waals surface area contributed by atoms with Crippen LogP contribution in [-0.4, -0.2) is 88.7 Å². The summed E-state index contributed by atoms with van der Waals surface area (Å²) in [6.45, 7) is 1.95. The maximum Gasteiger partial charge on any atom is 0.472 e. The van der Waals surface area contributed by atoms with Crippen molar-refractivity contribution in [1.29, 1.82) is 5.26 Å². The monoisotopic (exact) mass is 819 g/mol. The minimum absolute atomic E-state index is 0.0583. The summed E-state index contributed by atoms with van der Waals surface area (Å²) in [5, 5.41) is 35.2. The van der Waals surface area contributed by atoms with E-state index < -0.39 is 38.8 Å². The predicted molar refractivity (Wildman–Crippen MR) is 218 cm³/mol. The number of nitrogen functional groups attached to an aromatic ring is 1. The molecule has 3 rings (SSSR count). The zero-order valence-corrected chi connectivity index (χ0v) is 35.0. The van der Waals surface area contributed by atoms with Crippen LogP contribution < -0.4 is 10.5 Å². The molecule has 0 saturated carbocycles. The van der Waals surface area contributed by atoms with Crippen LogP contribution in [0.1, 0.15) is 133 Å². The molecule has 15 nitrogen and oxygen atoms in total. The molecule has 1 aromatic carbocycles. The molecule has 0 spiro atoms. The maximum absolute atomic E-state index is 13.0. The molecule has 0 aliphatic carbocycles. The quantitative estimate of drug-likeness (QED) is 0.0344. The van der Waals surface area contributed by atoms with Gasteiger partial charge in [-0.3, -0.25) is 9.05 Å². The van der Waals surface area contributed by atoms with Crippen LogP contribution in [0, 0.1) is 11.3 Å². The lowest BCUT2D eigenvalue weighted by atomic mass is 10.0. The first-order valence-corrected chi connectivity index (χ1v) is 22.0. The molecule has 3 aromatic rings. The van der Waals surface area contributed by atoms with E-state index in [4.69, 9.17) is 33.7 Å². The normalized spacial score (nSPS) is 14.9. The van der Waals surface area contributed by atoms with Gasteiger partial charge in [0.05, 0.1) is 50.9 Å². The number of aliphatic hydroxyl groups is 2. The van der Waals surface area contributed by atoms with Gasteiger partial charge in [0.2, 0.25) is 0 Å². The molecule has 2 aromatic heterocycles. The van der Waals surface area contributed by atoms with Crippen LogP contribution in [0.2, 0.25) is 0 Å². The smallest absolute Gasteiger partial charge is 0.472 e. The molecule has 2 heterocycles. The lowest BCUT2D eigenvalue weighted by molar-refractivity contribution is -0.0963. The van der Waals surface area contributed by atoms with Crippen molar-refractivity contribution in [3.63, 3.8) is 0 Å². The Morgan fingerprint density at radius 1 is 0.860 bits per heavy atom. The molecule has 0 aliphatic rings. The second-order valence-electron chi connectivity index (χ2n) is 14.4. The third-order valence-electron chi connectivity index (χ3n) is 9.98. The summed E-state index contributed by atoms with van der Waals surface area (Å²) in [5.41, 5.74) is 7.61. The van der Waals surface area contributed by atoms with Gasteiger partial charge >= 0.3 is 7.82 Å². The van der Waals surface area contributed by atoms with Crippen LogP contribution in [0.4, 0.5) is 5.82 Å². The van der Waals surface area contributed by atoms with Crippen molar-refractivity contribution in [3.8, 4) is 11.8 Å². The number of nitriles is 1. The molecule has 0 radical (unpaired) electrons. The lowest BCUT2D eigenvalue weighted by Crippen LogP contribution is -2.37. The van der Waals surface area contributed by atoms with Gasteiger partial charge in [0.1, 0.15) is 42.0 Å². The summed E-state index contributed by atoms with van der Waals surface area (Å²) in [6, 6.07) is 10.2. The van der Waals surface area contributed by atoms with Crippen molar-refractivity contribution >= 4 is 19.2 Å². The number of methoxy groups -OCH3 is 2. The second-order valence-corrected chi connectivity index (χ2v) is 15.9. The van der Waals surface area contributed by atoms with Gasteiger partial charge in [-0.2, -0.15) is 10.4 Å². The zero-order chi connectivity index (χ0) is 41.3. The van der Waals surface area contributed by atoms with Crippen molar-refractivity contribution in [3.05, 3.63) is 53.5 Å². The highest BCUT2D eigenvalue weighted by atomic mass is 31.2. The number of benzene rings is 1. The van der Waals surface area contributed by atoms with Crippen molar-refractivity contribution in [2.24, 2.45) is 0 Å². The van der Waals surface area contributed by atoms with Crippen LogP contribution >= 0.6 is 7.82 Å². The van der Waals surface area contributed by atoms with Gasteiger partial charge in [-0.1, -0.05) is 109 Å². The number of anilines is 1. The molecule has 1 unspecified atom stereocenters. The van der Waals surface area contributed by atoms with Gasteiger partial charge < -0.3 is 39.8 Å².